The third-order valence-corrected chi connectivity index (χ3v) is 9.38. The summed E-state index contributed by atoms with van der Waals surface area (Å²) in [6, 6.07) is 4.97. The van der Waals surface area contributed by atoms with Gasteiger partial charge in [0, 0.05) is 23.1 Å². The number of amides is 2. The number of unbranched alkanes of at least 4 members (excludes halogenated alkanes) is 1. The molecule has 0 spiro atoms. The smallest absolute Gasteiger partial charge is 0.341 e. The summed E-state index contributed by atoms with van der Waals surface area (Å²) in [6.45, 7) is 6.73. The van der Waals surface area contributed by atoms with Gasteiger partial charge in [-0.2, -0.15) is 0 Å². The minimum Gasteiger partial charge on any atom is -0.497 e. The number of aromatic nitrogens is 3. The van der Waals surface area contributed by atoms with Gasteiger partial charge in [0.15, 0.2) is 11.0 Å². The SMILES string of the molecule is CCCCn1c(CNC(=O)c2cc(OC)cc(OC)c2)nnc1S[C@@H](C)C(=O)Nc1sc2c(c1C(=O)OCC)CCCC2. The largest absolute Gasteiger partial charge is 0.497 e. The van der Waals surface area contributed by atoms with Gasteiger partial charge in [-0.15, -0.1) is 21.5 Å². The lowest BCUT2D eigenvalue weighted by Crippen LogP contribution is -2.25. The second kappa shape index (κ2) is 15.2. The normalized spacial score (nSPS) is 13.1. The zero-order valence-corrected chi connectivity index (χ0v) is 26.9. The maximum absolute atomic E-state index is 13.4. The fraction of sp³-hybridized carbons (Fsp3) is 0.500. The molecule has 0 unspecified atom stereocenters. The summed E-state index contributed by atoms with van der Waals surface area (Å²) in [4.78, 5) is 40.3. The van der Waals surface area contributed by atoms with E-state index in [2.05, 4.69) is 27.8 Å². The van der Waals surface area contributed by atoms with Crippen LogP contribution in [0.5, 0.6) is 11.5 Å². The van der Waals surface area contributed by atoms with Gasteiger partial charge in [-0.25, -0.2) is 4.79 Å². The Hall–Kier alpha value is -3.58. The molecule has 4 rings (SSSR count). The quantitative estimate of drug-likeness (QED) is 0.181. The minimum atomic E-state index is -0.523. The van der Waals surface area contributed by atoms with E-state index < -0.39 is 11.2 Å². The van der Waals surface area contributed by atoms with E-state index >= 15 is 0 Å². The van der Waals surface area contributed by atoms with Crippen LogP contribution in [-0.4, -0.2) is 58.6 Å². The van der Waals surface area contributed by atoms with Crippen molar-refractivity contribution in [3.8, 4) is 11.5 Å². The molecule has 0 aliphatic heterocycles. The van der Waals surface area contributed by atoms with E-state index in [1.807, 2.05) is 4.57 Å². The number of carbonyl (C=O) groups is 3. The van der Waals surface area contributed by atoms with Crippen LogP contribution in [0.2, 0.25) is 0 Å². The number of anilines is 1. The van der Waals surface area contributed by atoms with Crippen molar-refractivity contribution in [3.05, 3.63) is 45.6 Å². The predicted octanol–water partition coefficient (Wildman–Crippen LogP) is 5.26. The average molecular weight is 630 g/mol. The lowest BCUT2D eigenvalue weighted by atomic mass is 9.95. The van der Waals surface area contributed by atoms with Crippen LogP contribution in [0.15, 0.2) is 23.4 Å². The van der Waals surface area contributed by atoms with Crippen LogP contribution in [-0.2, 0) is 35.5 Å². The van der Waals surface area contributed by atoms with Gasteiger partial charge < -0.3 is 29.4 Å². The summed E-state index contributed by atoms with van der Waals surface area (Å²) in [5.41, 5.74) is 1.89. The van der Waals surface area contributed by atoms with Crippen LogP contribution in [0.3, 0.4) is 0 Å². The molecule has 0 radical (unpaired) electrons. The second-order valence-corrected chi connectivity index (χ2v) is 12.5. The van der Waals surface area contributed by atoms with Crippen molar-refractivity contribution < 1.29 is 28.6 Å². The number of benzene rings is 1. The van der Waals surface area contributed by atoms with E-state index in [0.29, 0.717) is 45.2 Å². The third kappa shape index (κ3) is 7.88. The number of methoxy groups -OCH3 is 2. The summed E-state index contributed by atoms with van der Waals surface area (Å²) in [6.07, 6.45) is 5.62. The van der Waals surface area contributed by atoms with Crippen molar-refractivity contribution in [2.45, 2.75) is 82.8 Å². The number of thiophene rings is 1. The molecule has 2 aromatic heterocycles. The zero-order valence-electron chi connectivity index (χ0n) is 25.3. The fourth-order valence-electron chi connectivity index (χ4n) is 4.78. The van der Waals surface area contributed by atoms with Crippen LogP contribution >= 0.6 is 23.1 Å². The standard InChI is InChI=1S/C30H39N5O6S2/c1-6-8-13-35-24(17-31-27(37)19-14-20(39-4)16-21(15-19)40-5)33-34-30(35)42-18(3)26(36)32-28-25(29(38)41-7-2)22-11-9-10-12-23(22)43-28/h14-16,18H,6-13,17H2,1-5H3,(H,31,37)(H,32,36)/t18-/m0/s1. The third-order valence-electron chi connectivity index (χ3n) is 7.09. The van der Waals surface area contributed by atoms with Crippen molar-refractivity contribution in [1.82, 2.24) is 20.1 Å². The van der Waals surface area contributed by atoms with E-state index in [1.54, 1.807) is 32.0 Å². The molecule has 0 saturated heterocycles. The highest BCUT2D eigenvalue weighted by molar-refractivity contribution is 8.00. The molecule has 1 aliphatic carbocycles. The van der Waals surface area contributed by atoms with Crippen LogP contribution < -0.4 is 20.1 Å². The number of aryl methyl sites for hydroxylation is 1. The Morgan fingerprint density at radius 3 is 2.47 bits per heavy atom. The first-order valence-corrected chi connectivity index (χ1v) is 16.2. The number of nitrogens with zero attached hydrogens (tertiary/aromatic N) is 3. The molecule has 1 aromatic carbocycles. The highest BCUT2D eigenvalue weighted by Gasteiger charge is 2.29. The minimum absolute atomic E-state index is 0.153. The van der Waals surface area contributed by atoms with E-state index in [1.165, 1.54) is 37.3 Å². The Labute approximate surface area is 260 Å². The molecule has 43 heavy (non-hydrogen) atoms. The Morgan fingerprint density at radius 1 is 1.07 bits per heavy atom. The maximum atomic E-state index is 13.4. The molecule has 2 N–H and O–H groups in total. The van der Waals surface area contributed by atoms with Gasteiger partial charge in [0.2, 0.25) is 5.91 Å². The van der Waals surface area contributed by atoms with Crippen molar-refractivity contribution in [2.75, 3.05) is 26.1 Å². The summed E-state index contributed by atoms with van der Waals surface area (Å²) in [7, 11) is 3.06. The molecule has 1 atom stereocenters. The van der Waals surface area contributed by atoms with Crippen LogP contribution in [0.4, 0.5) is 5.00 Å². The summed E-state index contributed by atoms with van der Waals surface area (Å²) < 4.78 is 17.8. The Balaban J connectivity index is 1.47. The van der Waals surface area contributed by atoms with Gasteiger partial charge in [-0.05, 0) is 63.6 Å². The number of carbonyl (C=O) groups excluding carboxylic acids is 3. The van der Waals surface area contributed by atoms with Gasteiger partial charge in [0.25, 0.3) is 5.91 Å². The summed E-state index contributed by atoms with van der Waals surface area (Å²) in [5.74, 6) is 0.678. The van der Waals surface area contributed by atoms with Gasteiger partial charge in [0.1, 0.15) is 16.5 Å². The molecule has 2 heterocycles. The second-order valence-electron chi connectivity index (χ2n) is 10.1. The number of hydrogen-bond donors (Lipinski definition) is 2. The number of hydrogen-bond acceptors (Lipinski definition) is 10. The van der Waals surface area contributed by atoms with E-state index in [4.69, 9.17) is 14.2 Å². The molecule has 3 aromatic rings. The molecule has 0 saturated carbocycles. The zero-order chi connectivity index (χ0) is 30.9. The summed E-state index contributed by atoms with van der Waals surface area (Å²) in [5, 5.41) is 15.2. The topological polar surface area (TPSA) is 134 Å². The van der Waals surface area contributed by atoms with Crippen molar-refractivity contribution in [1.29, 1.82) is 0 Å². The molecular weight excluding hydrogens is 590 g/mol. The molecule has 0 fully saturated rings. The monoisotopic (exact) mass is 629 g/mol. The average Bonchev–Trinajstić information content (AvgIpc) is 3.58. The first-order chi connectivity index (χ1) is 20.8. The Morgan fingerprint density at radius 2 is 1.79 bits per heavy atom. The fourth-order valence-corrected chi connectivity index (χ4v) is 6.95. The number of nitrogens with one attached hydrogen (secondary N) is 2. The first-order valence-electron chi connectivity index (χ1n) is 14.5. The molecule has 232 valence electrons. The van der Waals surface area contributed by atoms with Crippen molar-refractivity contribution in [3.63, 3.8) is 0 Å². The van der Waals surface area contributed by atoms with Gasteiger partial charge in [-0.3, -0.25) is 9.59 Å². The highest BCUT2D eigenvalue weighted by atomic mass is 32.2. The Kier molecular flexibility index (Phi) is 11.5. The molecule has 11 nitrogen and oxygen atoms in total. The van der Waals surface area contributed by atoms with Crippen molar-refractivity contribution in [2.24, 2.45) is 0 Å². The molecule has 2 amide bonds. The summed E-state index contributed by atoms with van der Waals surface area (Å²) >= 11 is 2.76. The number of fused-ring (bicyclic) bond motifs is 1. The van der Waals surface area contributed by atoms with Gasteiger partial charge in [0.05, 0.1) is 38.2 Å². The Bertz CT molecular complexity index is 1430. The highest BCUT2D eigenvalue weighted by Crippen LogP contribution is 2.39. The maximum Gasteiger partial charge on any atom is 0.341 e. The molecular formula is C30H39N5O6S2. The van der Waals surface area contributed by atoms with Crippen LogP contribution in [0.1, 0.15) is 83.4 Å². The van der Waals surface area contributed by atoms with Crippen LogP contribution in [0, 0.1) is 0 Å². The predicted molar refractivity (Wildman–Crippen MR) is 167 cm³/mol. The first kappa shape index (κ1) is 32.3. The molecule has 1 aliphatic rings. The lowest BCUT2D eigenvalue weighted by molar-refractivity contribution is -0.115. The van der Waals surface area contributed by atoms with E-state index in [-0.39, 0.29) is 25.0 Å². The number of esters is 1. The number of rotatable bonds is 14. The lowest BCUT2D eigenvalue weighted by Gasteiger charge is -2.14. The van der Waals surface area contributed by atoms with Gasteiger partial charge in [-0.1, -0.05) is 25.1 Å². The number of thioether (sulfide) groups is 1. The van der Waals surface area contributed by atoms with Gasteiger partial charge >= 0.3 is 5.97 Å². The van der Waals surface area contributed by atoms with E-state index in [0.717, 1.165) is 49.0 Å². The molecule has 13 heteroatoms. The van der Waals surface area contributed by atoms with E-state index in [9.17, 15) is 14.4 Å². The van der Waals surface area contributed by atoms with Crippen molar-refractivity contribution >= 4 is 45.9 Å². The van der Waals surface area contributed by atoms with Crippen LogP contribution in [0.25, 0.3) is 0 Å². The molecule has 0 bridgehead atoms. The number of ether oxygens (including phenoxy) is 3.